The highest BCUT2D eigenvalue weighted by atomic mass is 19.1. The molecule has 34 heavy (non-hydrogen) atoms. The van der Waals surface area contributed by atoms with E-state index in [2.05, 4.69) is 27.2 Å². The van der Waals surface area contributed by atoms with Crippen molar-refractivity contribution in [3.63, 3.8) is 0 Å². The van der Waals surface area contributed by atoms with E-state index in [-0.39, 0.29) is 5.69 Å². The van der Waals surface area contributed by atoms with E-state index in [4.69, 9.17) is 0 Å². The van der Waals surface area contributed by atoms with Gasteiger partial charge in [0, 0.05) is 47.7 Å². The number of para-hydroxylation sites is 1. The quantitative estimate of drug-likeness (QED) is 0.330. The van der Waals surface area contributed by atoms with Crippen LogP contribution in [0.4, 0.5) is 31.8 Å². The van der Waals surface area contributed by atoms with Crippen LogP contribution in [0.1, 0.15) is 0 Å². The van der Waals surface area contributed by atoms with Crippen molar-refractivity contribution < 1.29 is 13.6 Å². The van der Waals surface area contributed by atoms with E-state index in [1.165, 1.54) is 6.07 Å². The maximum atomic E-state index is 15.3. The topological polar surface area (TPSA) is 70.2 Å². The number of rotatable bonds is 8. The van der Waals surface area contributed by atoms with Crippen molar-refractivity contribution in [3.05, 3.63) is 85.3 Å². The summed E-state index contributed by atoms with van der Waals surface area (Å²) in [7, 11) is 1.83. The van der Waals surface area contributed by atoms with E-state index in [1.807, 2.05) is 42.3 Å². The van der Waals surface area contributed by atoms with Crippen LogP contribution in [0.2, 0.25) is 0 Å². The number of alkyl halides is 1. The number of fused-ring (bicyclic) bond motifs is 1. The molecule has 3 aromatic carbocycles. The lowest BCUT2D eigenvalue weighted by atomic mass is 10.0. The number of anilines is 4. The number of aromatic nitrogens is 2. The Hall–Kier alpha value is -4.33. The number of hydrogen-bond donors (Lipinski definition) is 2. The fourth-order valence-corrected chi connectivity index (χ4v) is 3.54. The molecule has 0 aliphatic rings. The number of nitrogens with one attached hydrogen (secondary N) is 2. The van der Waals surface area contributed by atoms with Crippen LogP contribution >= 0.6 is 0 Å². The number of hydrogen-bond acceptors (Lipinski definition) is 5. The highest BCUT2D eigenvalue weighted by molar-refractivity contribution is 6.00. The van der Waals surface area contributed by atoms with Gasteiger partial charge in [0.2, 0.25) is 11.9 Å². The van der Waals surface area contributed by atoms with Crippen LogP contribution in [-0.2, 0) is 4.79 Å². The average molecular weight is 460 g/mol. The molecule has 0 spiro atoms. The Morgan fingerprint density at radius 3 is 2.56 bits per heavy atom. The molecule has 0 saturated carbocycles. The Balaban J connectivity index is 1.67. The second kappa shape index (κ2) is 10.1. The molecule has 1 heterocycles. The van der Waals surface area contributed by atoms with Crippen molar-refractivity contribution in [1.82, 2.24) is 9.97 Å². The normalized spacial score (nSPS) is 10.7. The molecule has 0 atom stereocenters. The predicted octanol–water partition coefficient (Wildman–Crippen LogP) is 5.71. The zero-order valence-electron chi connectivity index (χ0n) is 18.6. The largest absolute Gasteiger partial charge is 0.372 e. The van der Waals surface area contributed by atoms with Crippen molar-refractivity contribution in [2.75, 3.05) is 35.8 Å². The molecule has 172 valence electrons. The lowest BCUT2D eigenvalue weighted by Gasteiger charge is -2.17. The number of amides is 1. The summed E-state index contributed by atoms with van der Waals surface area (Å²) in [5.41, 5.74) is 3.14. The van der Waals surface area contributed by atoms with Gasteiger partial charge in [-0.3, -0.25) is 4.79 Å². The molecule has 4 aromatic rings. The van der Waals surface area contributed by atoms with Gasteiger partial charge in [-0.15, -0.1) is 0 Å². The number of benzene rings is 3. The van der Waals surface area contributed by atoms with Gasteiger partial charge in [0.1, 0.15) is 6.67 Å². The molecule has 8 heteroatoms. The SMILES string of the molecule is C=CC(=O)Nc1cccc(-c2cccc3cnc(Nc4ccc(N(C)CCF)cc4)nc23)c1F. The zero-order chi connectivity index (χ0) is 24.1. The Kier molecular flexibility index (Phi) is 6.77. The lowest BCUT2D eigenvalue weighted by Crippen LogP contribution is -2.19. The summed E-state index contributed by atoms with van der Waals surface area (Å²) >= 11 is 0. The van der Waals surface area contributed by atoms with Gasteiger partial charge in [-0.2, -0.15) is 0 Å². The third kappa shape index (κ3) is 4.85. The van der Waals surface area contributed by atoms with Gasteiger partial charge in [-0.25, -0.2) is 18.7 Å². The first-order valence-electron chi connectivity index (χ1n) is 10.6. The van der Waals surface area contributed by atoms with Crippen molar-refractivity contribution in [1.29, 1.82) is 0 Å². The lowest BCUT2D eigenvalue weighted by molar-refractivity contribution is -0.111. The van der Waals surface area contributed by atoms with Gasteiger partial charge in [0.15, 0.2) is 5.82 Å². The van der Waals surface area contributed by atoms with Crippen molar-refractivity contribution in [2.24, 2.45) is 0 Å². The van der Waals surface area contributed by atoms with E-state index in [0.29, 0.717) is 29.1 Å². The van der Waals surface area contributed by atoms with Crippen LogP contribution in [-0.4, -0.2) is 36.1 Å². The van der Waals surface area contributed by atoms with E-state index >= 15 is 4.39 Å². The summed E-state index contributed by atoms with van der Waals surface area (Å²) in [5.74, 6) is -0.711. The third-order valence-corrected chi connectivity index (χ3v) is 5.33. The Morgan fingerprint density at radius 1 is 1.09 bits per heavy atom. The third-order valence-electron chi connectivity index (χ3n) is 5.33. The summed E-state index contributed by atoms with van der Waals surface area (Å²) in [4.78, 5) is 22.5. The van der Waals surface area contributed by atoms with Gasteiger partial charge >= 0.3 is 0 Å². The molecule has 0 fully saturated rings. The highest BCUT2D eigenvalue weighted by Crippen LogP contribution is 2.33. The average Bonchev–Trinajstić information content (AvgIpc) is 2.85. The molecule has 0 unspecified atom stereocenters. The molecule has 0 radical (unpaired) electrons. The molecular weight excluding hydrogens is 436 g/mol. The maximum absolute atomic E-state index is 15.3. The molecule has 4 rings (SSSR count). The van der Waals surface area contributed by atoms with Gasteiger partial charge < -0.3 is 15.5 Å². The maximum Gasteiger partial charge on any atom is 0.247 e. The van der Waals surface area contributed by atoms with Crippen LogP contribution in [0, 0.1) is 5.82 Å². The summed E-state index contributed by atoms with van der Waals surface area (Å²) in [6.45, 7) is 3.29. The summed E-state index contributed by atoms with van der Waals surface area (Å²) in [5, 5.41) is 6.38. The molecule has 6 nitrogen and oxygen atoms in total. The minimum absolute atomic E-state index is 0.0598. The molecule has 0 aliphatic carbocycles. The number of nitrogens with zero attached hydrogens (tertiary/aromatic N) is 3. The number of carbonyl (C=O) groups is 1. The Bertz CT molecular complexity index is 1340. The predicted molar refractivity (Wildman–Crippen MR) is 133 cm³/mol. The van der Waals surface area contributed by atoms with Crippen molar-refractivity contribution in [2.45, 2.75) is 0 Å². The van der Waals surface area contributed by atoms with Crippen LogP contribution < -0.4 is 15.5 Å². The zero-order valence-corrected chi connectivity index (χ0v) is 18.6. The van der Waals surface area contributed by atoms with Crippen LogP contribution in [0.3, 0.4) is 0 Å². The first-order chi connectivity index (χ1) is 16.5. The van der Waals surface area contributed by atoms with E-state index in [1.54, 1.807) is 30.5 Å². The minimum Gasteiger partial charge on any atom is -0.372 e. The monoisotopic (exact) mass is 459 g/mol. The van der Waals surface area contributed by atoms with Crippen LogP contribution in [0.5, 0.6) is 0 Å². The van der Waals surface area contributed by atoms with Crippen molar-refractivity contribution in [3.8, 4) is 11.1 Å². The molecular formula is C26H23F2N5O. The van der Waals surface area contributed by atoms with Crippen LogP contribution in [0.15, 0.2) is 79.5 Å². The van der Waals surface area contributed by atoms with Crippen LogP contribution in [0.25, 0.3) is 22.0 Å². The fraction of sp³-hybridized carbons (Fsp3) is 0.115. The summed E-state index contributed by atoms with van der Waals surface area (Å²) in [6, 6.07) is 17.7. The summed E-state index contributed by atoms with van der Waals surface area (Å²) < 4.78 is 27.8. The fourth-order valence-electron chi connectivity index (χ4n) is 3.54. The smallest absolute Gasteiger partial charge is 0.247 e. The number of carbonyl (C=O) groups excluding carboxylic acids is 1. The van der Waals surface area contributed by atoms with E-state index < -0.39 is 18.4 Å². The van der Waals surface area contributed by atoms with Gasteiger partial charge in [-0.05, 0) is 36.4 Å². The molecule has 0 saturated heterocycles. The Labute approximate surface area is 196 Å². The minimum atomic E-state index is -0.564. The van der Waals surface area contributed by atoms with Gasteiger partial charge in [-0.1, -0.05) is 36.9 Å². The standard InChI is InChI=1S/C26H23F2N5O/c1-3-23(34)31-22-9-5-7-20(24(22)28)21-8-4-6-17-16-29-26(32-25(17)21)30-18-10-12-19(13-11-18)33(2)15-14-27/h3-13,16H,1,14-15H2,2H3,(H,31,34)(H,29,30,32). The first kappa shape index (κ1) is 22.8. The summed E-state index contributed by atoms with van der Waals surface area (Å²) in [6.07, 6.45) is 2.75. The first-order valence-corrected chi connectivity index (χ1v) is 10.6. The molecule has 1 amide bonds. The van der Waals surface area contributed by atoms with Gasteiger partial charge in [0.05, 0.1) is 11.2 Å². The number of halogens is 2. The Morgan fingerprint density at radius 2 is 1.82 bits per heavy atom. The second-order valence-corrected chi connectivity index (χ2v) is 7.58. The van der Waals surface area contributed by atoms with E-state index in [0.717, 1.165) is 22.8 Å². The van der Waals surface area contributed by atoms with Crippen molar-refractivity contribution >= 4 is 39.8 Å². The van der Waals surface area contributed by atoms with Gasteiger partial charge in [0.25, 0.3) is 0 Å². The molecule has 1 aromatic heterocycles. The molecule has 0 bridgehead atoms. The molecule has 2 N–H and O–H groups in total. The highest BCUT2D eigenvalue weighted by Gasteiger charge is 2.15. The molecule has 0 aliphatic heterocycles. The second-order valence-electron chi connectivity index (χ2n) is 7.58. The van der Waals surface area contributed by atoms with E-state index in [9.17, 15) is 9.18 Å².